The summed E-state index contributed by atoms with van der Waals surface area (Å²) in [6.07, 6.45) is 2.33. The minimum absolute atomic E-state index is 0.114. The summed E-state index contributed by atoms with van der Waals surface area (Å²) in [4.78, 5) is 43.0. The highest BCUT2D eigenvalue weighted by Crippen LogP contribution is 2.31. The summed E-state index contributed by atoms with van der Waals surface area (Å²) in [7, 11) is 1.59. The lowest BCUT2D eigenvalue weighted by atomic mass is 9.92. The van der Waals surface area contributed by atoms with Crippen molar-refractivity contribution < 1.29 is 23.9 Å². The largest absolute Gasteiger partial charge is 0.497 e. The fourth-order valence-corrected chi connectivity index (χ4v) is 4.81. The topological polar surface area (TPSA) is 97.0 Å². The van der Waals surface area contributed by atoms with E-state index in [0.717, 1.165) is 36.0 Å². The Balaban J connectivity index is 2.60. The zero-order chi connectivity index (χ0) is 30.7. The van der Waals surface area contributed by atoms with Crippen molar-refractivity contribution in [3.8, 4) is 5.75 Å². The first-order valence-corrected chi connectivity index (χ1v) is 14.6. The lowest BCUT2D eigenvalue weighted by Gasteiger charge is -2.36. The molecule has 0 radical (unpaired) electrons. The predicted octanol–water partition coefficient (Wildman–Crippen LogP) is 6.95. The number of nitrogens with zero attached hydrogens (tertiary/aromatic N) is 1. The van der Waals surface area contributed by atoms with Crippen molar-refractivity contribution in [2.24, 2.45) is 5.92 Å². The summed E-state index contributed by atoms with van der Waals surface area (Å²) in [5.41, 5.74) is 2.49. The van der Waals surface area contributed by atoms with Crippen LogP contribution in [0.25, 0.3) is 0 Å². The molecule has 2 N–H and O–H groups in total. The number of carbonyl (C=O) groups is 3. The van der Waals surface area contributed by atoms with E-state index in [1.165, 1.54) is 0 Å². The maximum Gasteiger partial charge on any atom is 0.408 e. The molecule has 0 aliphatic rings. The molecule has 0 fully saturated rings. The summed E-state index contributed by atoms with van der Waals surface area (Å²) >= 11 is 0. The van der Waals surface area contributed by atoms with Crippen molar-refractivity contribution in [2.45, 2.75) is 98.8 Å². The number of ether oxygens (including phenoxy) is 2. The number of methoxy groups -OCH3 is 1. The highest BCUT2D eigenvalue weighted by atomic mass is 16.6. The molecule has 0 aliphatic carbocycles. The molecule has 226 valence electrons. The van der Waals surface area contributed by atoms with Crippen molar-refractivity contribution >= 4 is 23.6 Å². The molecule has 8 heteroatoms. The van der Waals surface area contributed by atoms with Gasteiger partial charge in [0.15, 0.2) is 0 Å². The first kappa shape index (κ1) is 33.7. The normalized spacial score (nSPS) is 12.8. The van der Waals surface area contributed by atoms with Crippen LogP contribution < -0.4 is 15.4 Å². The Labute approximate surface area is 246 Å². The number of anilines is 1. The Bertz CT molecular complexity index is 1130. The Morgan fingerprint density at radius 2 is 1.56 bits per heavy atom. The van der Waals surface area contributed by atoms with E-state index in [1.807, 2.05) is 45.9 Å². The molecule has 8 nitrogen and oxygen atoms in total. The third-order valence-electron chi connectivity index (χ3n) is 6.71. The summed E-state index contributed by atoms with van der Waals surface area (Å²) < 4.78 is 10.8. The number of nitrogens with one attached hydrogen (secondary N) is 2. The number of unbranched alkanes of at least 4 members (excludes halogenated alkanes) is 2. The molecule has 0 spiro atoms. The standard InChI is InChI=1S/C33H49N3O5/c1-10-11-12-20-36(31(38)27(21-22(2)3)35-32(39)41-33(6,7)8)29(28-23(4)14-13-15-24(28)5)30(37)34-25-16-18-26(40-9)19-17-25/h13-19,22,27,29H,10-12,20-21H2,1-9H3,(H,34,37)(H,35,39). The minimum Gasteiger partial charge on any atom is -0.497 e. The fraction of sp³-hybridized carbons (Fsp3) is 0.545. The maximum atomic E-state index is 14.4. The second kappa shape index (κ2) is 15.5. The van der Waals surface area contributed by atoms with Gasteiger partial charge < -0.3 is 25.0 Å². The summed E-state index contributed by atoms with van der Waals surface area (Å²) in [6, 6.07) is 11.2. The van der Waals surface area contributed by atoms with Gasteiger partial charge in [0.25, 0.3) is 5.91 Å². The fourth-order valence-electron chi connectivity index (χ4n) is 4.81. The Hall–Kier alpha value is -3.55. The molecule has 0 saturated carbocycles. The van der Waals surface area contributed by atoms with Gasteiger partial charge in [0, 0.05) is 12.2 Å². The second-order valence-corrected chi connectivity index (χ2v) is 12.0. The van der Waals surface area contributed by atoms with Crippen LogP contribution in [-0.2, 0) is 14.3 Å². The van der Waals surface area contributed by atoms with E-state index in [9.17, 15) is 14.4 Å². The summed E-state index contributed by atoms with van der Waals surface area (Å²) in [6.45, 7) is 15.7. The maximum absolute atomic E-state index is 14.4. The van der Waals surface area contributed by atoms with Crippen molar-refractivity contribution in [1.29, 1.82) is 0 Å². The number of carbonyl (C=O) groups excluding carboxylic acids is 3. The van der Waals surface area contributed by atoms with Gasteiger partial charge in [-0.3, -0.25) is 9.59 Å². The molecule has 2 rings (SSSR count). The van der Waals surface area contributed by atoms with Crippen LogP contribution in [0.1, 0.15) is 90.0 Å². The van der Waals surface area contributed by atoms with Gasteiger partial charge in [0.05, 0.1) is 7.11 Å². The first-order valence-electron chi connectivity index (χ1n) is 14.6. The molecule has 0 aromatic heterocycles. The molecule has 2 aromatic carbocycles. The Kier molecular flexibility index (Phi) is 12.7. The highest BCUT2D eigenvalue weighted by Gasteiger charge is 2.37. The molecule has 3 amide bonds. The van der Waals surface area contributed by atoms with E-state index in [4.69, 9.17) is 9.47 Å². The third kappa shape index (κ3) is 10.4. The van der Waals surface area contributed by atoms with E-state index >= 15 is 0 Å². The molecule has 2 unspecified atom stereocenters. The van der Waals surface area contributed by atoms with E-state index < -0.39 is 23.8 Å². The molecule has 0 heterocycles. The van der Waals surface area contributed by atoms with Crippen molar-refractivity contribution in [2.75, 3.05) is 19.0 Å². The van der Waals surface area contributed by atoms with Crippen LogP contribution in [0.15, 0.2) is 42.5 Å². The van der Waals surface area contributed by atoms with E-state index in [2.05, 4.69) is 17.6 Å². The van der Waals surface area contributed by atoms with Crippen LogP contribution in [-0.4, -0.2) is 48.1 Å². The molecule has 0 aliphatic heterocycles. The highest BCUT2D eigenvalue weighted by molar-refractivity contribution is 5.99. The van der Waals surface area contributed by atoms with Gasteiger partial charge in [0.1, 0.15) is 23.4 Å². The van der Waals surface area contributed by atoms with E-state index in [0.29, 0.717) is 24.4 Å². The van der Waals surface area contributed by atoms with Crippen LogP contribution in [0.4, 0.5) is 10.5 Å². The third-order valence-corrected chi connectivity index (χ3v) is 6.71. The van der Waals surface area contributed by atoms with Crippen LogP contribution in [0.5, 0.6) is 5.75 Å². The molecule has 2 aromatic rings. The average Bonchev–Trinajstić information content (AvgIpc) is 2.87. The van der Waals surface area contributed by atoms with Gasteiger partial charge in [-0.15, -0.1) is 0 Å². The van der Waals surface area contributed by atoms with Gasteiger partial charge in [-0.05, 0) is 94.3 Å². The van der Waals surface area contributed by atoms with Gasteiger partial charge in [-0.1, -0.05) is 51.8 Å². The van der Waals surface area contributed by atoms with E-state index in [-0.39, 0.29) is 17.7 Å². The molecule has 41 heavy (non-hydrogen) atoms. The molecule has 2 atom stereocenters. The number of alkyl carbamates (subject to hydrolysis) is 1. The molecular formula is C33H49N3O5. The Morgan fingerprint density at radius 1 is 0.951 bits per heavy atom. The lowest BCUT2D eigenvalue weighted by Crippen LogP contribution is -2.53. The van der Waals surface area contributed by atoms with Crippen LogP contribution in [0.3, 0.4) is 0 Å². The number of rotatable bonds is 13. The number of benzene rings is 2. The van der Waals surface area contributed by atoms with Crippen LogP contribution in [0, 0.1) is 19.8 Å². The minimum atomic E-state index is -0.905. The smallest absolute Gasteiger partial charge is 0.408 e. The average molecular weight is 568 g/mol. The number of amides is 3. The zero-order valence-electron chi connectivity index (χ0n) is 26.3. The Morgan fingerprint density at radius 3 is 2.07 bits per heavy atom. The van der Waals surface area contributed by atoms with Gasteiger partial charge in [0.2, 0.25) is 5.91 Å². The van der Waals surface area contributed by atoms with Gasteiger partial charge >= 0.3 is 6.09 Å². The first-order chi connectivity index (χ1) is 19.3. The van der Waals surface area contributed by atoms with Crippen LogP contribution >= 0.6 is 0 Å². The predicted molar refractivity (Wildman–Crippen MR) is 164 cm³/mol. The zero-order valence-corrected chi connectivity index (χ0v) is 26.3. The number of hydrogen-bond acceptors (Lipinski definition) is 5. The van der Waals surface area contributed by atoms with Crippen molar-refractivity contribution in [3.63, 3.8) is 0 Å². The van der Waals surface area contributed by atoms with Gasteiger partial charge in [-0.25, -0.2) is 4.79 Å². The van der Waals surface area contributed by atoms with Gasteiger partial charge in [-0.2, -0.15) is 0 Å². The quantitative estimate of drug-likeness (QED) is 0.255. The van der Waals surface area contributed by atoms with E-state index in [1.54, 1.807) is 57.0 Å². The molecule has 0 bridgehead atoms. The number of aryl methyl sites for hydroxylation is 2. The second-order valence-electron chi connectivity index (χ2n) is 12.0. The summed E-state index contributed by atoms with van der Waals surface area (Å²) in [5, 5.41) is 5.84. The van der Waals surface area contributed by atoms with Crippen molar-refractivity contribution in [3.05, 3.63) is 59.2 Å². The summed E-state index contributed by atoms with van der Waals surface area (Å²) in [5.74, 6) is 0.162. The van der Waals surface area contributed by atoms with Crippen LogP contribution in [0.2, 0.25) is 0 Å². The SMILES string of the molecule is CCCCCN(C(=O)C(CC(C)C)NC(=O)OC(C)(C)C)C(C(=O)Nc1ccc(OC)cc1)c1c(C)cccc1C. The number of hydrogen-bond donors (Lipinski definition) is 2. The molecular weight excluding hydrogens is 518 g/mol. The van der Waals surface area contributed by atoms with Crippen molar-refractivity contribution in [1.82, 2.24) is 10.2 Å². The monoisotopic (exact) mass is 567 g/mol. The molecule has 0 saturated heterocycles. The lowest BCUT2D eigenvalue weighted by molar-refractivity contribution is -0.141.